The minimum atomic E-state index is -0.690. The number of benzene rings is 2. The maximum atomic E-state index is 13.2. The Balaban J connectivity index is 1.50. The molecule has 1 N–H and O–H groups in total. The molecule has 1 amide bonds. The standard InChI is InChI=1S/C22H27BrFN3O2/c1-16(29-21-7-6-19(24)13-20(21)23)22(28)25-14-17-4-3-5-18(12-17)15-27-10-8-26(2)9-11-27/h3-7,12-13,16H,8-11,14-15H2,1-2H3,(H,25,28). The van der Waals surface area contributed by atoms with Crippen LogP contribution in [0.4, 0.5) is 4.39 Å². The van der Waals surface area contributed by atoms with Crippen molar-refractivity contribution in [1.82, 2.24) is 15.1 Å². The summed E-state index contributed by atoms with van der Waals surface area (Å²) in [6.45, 7) is 7.38. The van der Waals surface area contributed by atoms with Gasteiger partial charge in [-0.3, -0.25) is 9.69 Å². The molecule has 0 aromatic heterocycles. The van der Waals surface area contributed by atoms with Crippen LogP contribution in [0.3, 0.4) is 0 Å². The number of carbonyl (C=O) groups is 1. The van der Waals surface area contributed by atoms with Crippen LogP contribution in [0.1, 0.15) is 18.1 Å². The molecule has 1 atom stereocenters. The van der Waals surface area contributed by atoms with E-state index in [4.69, 9.17) is 4.74 Å². The molecule has 5 nitrogen and oxygen atoms in total. The Morgan fingerprint density at radius 1 is 1.17 bits per heavy atom. The number of halogens is 2. The highest BCUT2D eigenvalue weighted by atomic mass is 79.9. The minimum absolute atomic E-state index is 0.217. The summed E-state index contributed by atoms with van der Waals surface area (Å²) in [5.74, 6) is -0.147. The van der Waals surface area contributed by atoms with Crippen LogP contribution in [0.15, 0.2) is 46.9 Å². The predicted octanol–water partition coefficient (Wildman–Crippen LogP) is 3.42. The Kier molecular flexibility index (Phi) is 7.64. The predicted molar refractivity (Wildman–Crippen MR) is 115 cm³/mol. The highest BCUT2D eigenvalue weighted by Crippen LogP contribution is 2.26. The normalized spacial score (nSPS) is 16.4. The topological polar surface area (TPSA) is 44.8 Å². The summed E-state index contributed by atoms with van der Waals surface area (Å²) < 4.78 is 19.3. The summed E-state index contributed by atoms with van der Waals surface area (Å²) >= 11 is 3.25. The van der Waals surface area contributed by atoms with Gasteiger partial charge >= 0.3 is 0 Å². The van der Waals surface area contributed by atoms with E-state index in [0.29, 0.717) is 16.8 Å². The zero-order chi connectivity index (χ0) is 20.8. The summed E-state index contributed by atoms with van der Waals surface area (Å²) in [7, 11) is 2.15. The van der Waals surface area contributed by atoms with Crippen molar-refractivity contribution < 1.29 is 13.9 Å². The molecule has 1 aliphatic heterocycles. The zero-order valence-corrected chi connectivity index (χ0v) is 18.4. The van der Waals surface area contributed by atoms with E-state index in [9.17, 15) is 9.18 Å². The minimum Gasteiger partial charge on any atom is -0.480 e. The summed E-state index contributed by atoms with van der Waals surface area (Å²) in [5.41, 5.74) is 2.31. The first-order valence-corrected chi connectivity index (χ1v) is 10.6. The van der Waals surface area contributed by atoms with Crippen molar-refractivity contribution in [3.8, 4) is 5.75 Å². The lowest BCUT2D eigenvalue weighted by molar-refractivity contribution is -0.127. The second-order valence-corrected chi connectivity index (χ2v) is 8.31. The lowest BCUT2D eigenvalue weighted by Gasteiger charge is -2.32. The lowest BCUT2D eigenvalue weighted by atomic mass is 10.1. The van der Waals surface area contributed by atoms with E-state index in [0.717, 1.165) is 38.3 Å². The van der Waals surface area contributed by atoms with Gasteiger partial charge < -0.3 is 15.0 Å². The Hall–Kier alpha value is -1.96. The molecule has 1 unspecified atom stereocenters. The van der Waals surface area contributed by atoms with Crippen LogP contribution in [-0.2, 0) is 17.9 Å². The fourth-order valence-electron chi connectivity index (χ4n) is 3.25. The molecule has 2 aromatic rings. The Morgan fingerprint density at radius 3 is 2.62 bits per heavy atom. The third-order valence-corrected chi connectivity index (χ3v) is 5.65. The summed E-state index contributed by atoms with van der Waals surface area (Å²) in [6, 6.07) is 12.4. The van der Waals surface area contributed by atoms with Crippen molar-refractivity contribution in [3.05, 3.63) is 63.9 Å². The van der Waals surface area contributed by atoms with Crippen LogP contribution in [0.25, 0.3) is 0 Å². The van der Waals surface area contributed by atoms with Crippen LogP contribution in [0.2, 0.25) is 0 Å². The molecule has 0 saturated carbocycles. The number of likely N-dealkylation sites (N-methyl/N-ethyl adjacent to an activating group) is 1. The first kappa shape index (κ1) is 21.7. The van der Waals surface area contributed by atoms with Gasteiger partial charge in [0.25, 0.3) is 5.91 Å². The van der Waals surface area contributed by atoms with E-state index in [2.05, 4.69) is 50.2 Å². The number of hydrogen-bond donors (Lipinski definition) is 1. The smallest absolute Gasteiger partial charge is 0.261 e. The first-order chi connectivity index (χ1) is 13.9. The van der Waals surface area contributed by atoms with E-state index < -0.39 is 6.10 Å². The molecular formula is C22H27BrFN3O2. The summed E-state index contributed by atoms with van der Waals surface area (Å²) in [4.78, 5) is 17.2. The molecule has 1 aliphatic rings. The Morgan fingerprint density at radius 2 is 1.90 bits per heavy atom. The maximum Gasteiger partial charge on any atom is 0.261 e. The monoisotopic (exact) mass is 463 g/mol. The lowest BCUT2D eigenvalue weighted by Crippen LogP contribution is -2.43. The zero-order valence-electron chi connectivity index (χ0n) is 16.8. The molecule has 29 heavy (non-hydrogen) atoms. The summed E-state index contributed by atoms with van der Waals surface area (Å²) in [5, 5.41) is 2.91. The highest BCUT2D eigenvalue weighted by Gasteiger charge is 2.17. The third kappa shape index (κ3) is 6.52. The number of nitrogens with one attached hydrogen (secondary N) is 1. The van der Waals surface area contributed by atoms with Gasteiger partial charge in [0.2, 0.25) is 0 Å². The van der Waals surface area contributed by atoms with Crippen molar-refractivity contribution >= 4 is 21.8 Å². The second kappa shape index (κ2) is 10.2. The number of nitrogens with zero attached hydrogens (tertiary/aromatic N) is 2. The summed E-state index contributed by atoms with van der Waals surface area (Å²) in [6.07, 6.45) is -0.690. The first-order valence-electron chi connectivity index (χ1n) is 9.79. The quantitative estimate of drug-likeness (QED) is 0.683. The van der Waals surface area contributed by atoms with Crippen LogP contribution < -0.4 is 10.1 Å². The molecule has 0 spiro atoms. The van der Waals surface area contributed by atoms with E-state index in [1.54, 1.807) is 6.92 Å². The molecule has 1 heterocycles. The van der Waals surface area contributed by atoms with Crippen LogP contribution in [0, 0.1) is 5.82 Å². The SMILES string of the molecule is CC(Oc1ccc(F)cc1Br)C(=O)NCc1cccc(CN2CCN(C)CC2)c1. The number of rotatable bonds is 7. The van der Waals surface area contributed by atoms with Crippen molar-refractivity contribution in [2.24, 2.45) is 0 Å². The third-order valence-electron chi connectivity index (χ3n) is 5.03. The fourth-order valence-corrected chi connectivity index (χ4v) is 3.69. The van der Waals surface area contributed by atoms with Gasteiger partial charge in [0.15, 0.2) is 6.10 Å². The highest BCUT2D eigenvalue weighted by molar-refractivity contribution is 9.10. The van der Waals surface area contributed by atoms with Crippen molar-refractivity contribution in [1.29, 1.82) is 0 Å². The van der Waals surface area contributed by atoms with Gasteiger partial charge in [-0.25, -0.2) is 4.39 Å². The van der Waals surface area contributed by atoms with Gasteiger partial charge in [-0.2, -0.15) is 0 Å². The molecule has 156 valence electrons. The molecular weight excluding hydrogens is 437 g/mol. The van der Waals surface area contributed by atoms with Crippen molar-refractivity contribution in [2.45, 2.75) is 26.1 Å². The van der Waals surface area contributed by atoms with E-state index in [1.807, 2.05) is 12.1 Å². The number of amides is 1. The van der Waals surface area contributed by atoms with Crippen LogP contribution >= 0.6 is 15.9 Å². The maximum absolute atomic E-state index is 13.2. The van der Waals surface area contributed by atoms with E-state index >= 15 is 0 Å². The molecule has 7 heteroatoms. The number of carbonyl (C=O) groups excluding carboxylic acids is 1. The van der Waals surface area contributed by atoms with Crippen LogP contribution in [-0.4, -0.2) is 55.0 Å². The van der Waals surface area contributed by atoms with Gasteiger partial charge in [0.05, 0.1) is 4.47 Å². The number of piperazine rings is 1. The fraction of sp³-hybridized carbons (Fsp3) is 0.409. The van der Waals surface area contributed by atoms with Gasteiger partial charge in [-0.15, -0.1) is 0 Å². The molecule has 0 bridgehead atoms. The van der Waals surface area contributed by atoms with E-state index in [-0.39, 0.29) is 11.7 Å². The number of ether oxygens (including phenoxy) is 1. The van der Waals surface area contributed by atoms with Gasteiger partial charge in [0.1, 0.15) is 11.6 Å². The van der Waals surface area contributed by atoms with Crippen LogP contribution in [0.5, 0.6) is 5.75 Å². The van der Waals surface area contributed by atoms with Gasteiger partial charge in [-0.1, -0.05) is 24.3 Å². The van der Waals surface area contributed by atoms with Crippen molar-refractivity contribution in [3.63, 3.8) is 0 Å². The second-order valence-electron chi connectivity index (χ2n) is 7.45. The van der Waals surface area contributed by atoms with E-state index in [1.165, 1.54) is 23.8 Å². The molecule has 1 saturated heterocycles. The molecule has 2 aromatic carbocycles. The average molecular weight is 464 g/mol. The molecule has 0 radical (unpaired) electrons. The largest absolute Gasteiger partial charge is 0.480 e. The molecule has 3 rings (SSSR count). The Bertz CT molecular complexity index is 841. The van der Waals surface area contributed by atoms with Gasteiger partial charge in [0, 0.05) is 39.3 Å². The van der Waals surface area contributed by atoms with Crippen molar-refractivity contribution in [2.75, 3.05) is 33.2 Å². The number of hydrogen-bond acceptors (Lipinski definition) is 4. The average Bonchev–Trinajstić information content (AvgIpc) is 2.70. The van der Waals surface area contributed by atoms with Gasteiger partial charge in [-0.05, 0) is 59.2 Å². The Labute approximate surface area is 180 Å². The molecule has 0 aliphatic carbocycles. The molecule has 1 fully saturated rings.